The summed E-state index contributed by atoms with van der Waals surface area (Å²) in [5.41, 5.74) is 1.09. The van der Waals surface area contributed by atoms with Gasteiger partial charge in [-0.3, -0.25) is 9.78 Å². The number of ether oxygens (including phenoxy) is 2. The molecule has 0 bridgehead atoms. The van der Waals surface area contributed by atoms with Crippen molar-refractivity contribution in [3.63, 3.8) is 0 Å². The Morgan fingerprint density at radius 1 is 1.32 bits per heavy atom. The maximum atomic E-state index is 12.5. The zero-order chi connectivity index (χ0) is 15.9. The van der Waals surface area contributed by atoms with Crippen LogP contribution in [0.15, 0.2) is 42.6 Å². The summed E-state index contributed by atoms with van der Waals surface area (Å²) in [4.78, 5) is 16.8. The van der Waals surface area contributed by atoms with Crippen LogP contribution in [0.5, 0.6) is 5.75 Å². The van der Waals surface area contributed by atoms with E-state index >= 15 is 0 Å². The molecular weight excluding hydrogens is 304 g/mol. The van der Waals surface area contributed by atoms with E-state index in [4.69, 9.17) is 21.1 Å². The molecule has 0 fully saturated rings. The Balaban J connectivity index is 2.23. The van der Waals surface area contributed by atoms with Gasteiger partial charge in [0, 0.05) is 18.3 Å². The molecule has 1 atom stereocenters. The van der Waals surface area contributed by atoms with Crippen molar-refractivity contribution in [3.8, 4) is 5.75 Å². The quantitative estimate of drug-likeness (QED) is 0.889. The predicted octanol–water partition coefficient (Wildman–Crippen LogP) is 2.86. The highest BCUT2D eigenvalue weighted by Crippen LogP contribution is 2.23. The number of pyridine rings is 1. The van der Waals surface area contributed by atoms with Crippen LogP contribution in [0.4, 0.5) is 0 Å². The molecule has 1 N–H and O–H groups in total. The van der Waals surface area contributed by atoms with E-state index in [1.807, 2.05) is 18.2 Å². The highest BCUT2D eigenvalue weighted by molar-refractivity contribution is 6.31. The summed E-state index contributed by atoms with van der Waals surface area (Å²) in [6.45, 7) is 0.311. The molecule has 1 amide bonds. The molecule has 0 radical (unpaired) electrons. The third-order valence-corrected chi connectivity index (χ3v) is 3.32. The van der Waals surface area contributed by atoms with Gasteiger partial charge in [0.15, 0.2) is 0 Å². The van der Waals surface area contributed by atoms with Crippen molar-refractivity contribution in [3.05, 3.63) is 58.9 Å². The van der Waals surface area contributed by atoms with Gasteiger partial charge in [-0.25, -0.2) is 0 Å². The van der Waals surface area contributed by atoms with Gasteiger partial charge in [0.1, 0.15) is 5.75 Å². The number of carbonyl (C=O) groups excluding carboxylic acids is 1. The molecule has 6 heteroatoms. The van der Waals surface area contributed by atoms with Crippen LogP contribution in [0, 0.1) is 0 Å². The topological polar surface area (TPSA) is 60.5 Å². The zero-order valence-corrected chi connectivity index (χ0v) is 13.1. The van der Waals surface area contributed by atoms with E-state index in [9.17, 15) is 4.79 Å². The number of methoxy groups -OCH3 is 2. The lowest BCUT2D eigenvalue weighted by atomic mass is 10.1. The van der Waals surface area contributed by atoms with Crippen molar-refractivity contribution in [2.75, 3.05) is 20.8 Å². The summed E-state index contributed by atoms with van der Waals surface area (Å²) in [5, 5.41) is 3.35. The van der Waals surface area contributed by atoms with E-state index in [1.165, 1.54) is 7.11 Å². The summed E-state index contributed by atoms with van der Waals surface area (Å²) in [6.07, 6.45) is 1.67. The SMILES string of the molecule is COC[C@H](NC(=O)c1cc(Cl)ccc1OC)c1ccccn1. The minimum atomic E-state index is -0.359. The minimum Gasteiger partial charge on any atom is -0.496 e. The number of hydrogen-bond acceptors (Lipinski definition) is 4. The van der Waals surface area contributed by atoms with Crippen LogP contribution in [0.2, 0.25) is 5.02 Å². The molecule has 22 heavy (non-hydrogen) atoms. The molecule has 5 nitrogen and oxygen atoms in total. The Hall–Kier alpha value is -2.11. The van der Waals surface area contributed by atoms with Gasteiger partial charge in [-0.1, -0.05) is 17.7 Å². The molecule has 2 rings (SSSR count). The van der Waals surface area contributed by atoms with Crippen molar-refractivity contribution in [1.82, 2.24) is 10.3 Å². The third kappa shape index (κ3) is 3.96. The van der Waals surface area contributed by atoms with Gasteiger partial charge >= 0.3 is 0 Å². The van der Waals surface area contributed by atoms with Crippen LogP contribution in [-0.4, -0.2) is 31.7 Å². The summed E-state index contributed by atoms with van der Waals surface area (Å²) in [6, 6.07) is 10.0. The summed E-state index contributed by atoms with van der Waals surface area (Å²) in [5.74, 6) is 0.158. The first kappa shape index (κ1) is 16.3. The number of hydrogen-bond donors (Lipinski definition) is 1. The Bertz CT molecular complexity index is 635. The van der Waals surface area contributed by atoms with Crippen LogP contribution < -0.4 is 10.1 Å². The second-order valence-electron chi connectivity index (χ2n) is 4.58. The number of halogens is 1. The van der Waals surface area contributed by atoms with Gasteiger partial charge in [0.2, 0.25) is 0 Å². The molecule has 1 aromatic heterocycles. The fourth-order valence-corrected chi connectivity index (χ4v) is 2.22. The molecule has 1 aromatic carbocycles. The molecule has 0 aliphatic carbocycles. The summed E-state index contributed by atoms with van der Waals surface area (Å²) in [7, 11) is 3.08. The number of carbonyl (C=O) groups is 1. The first-order valence-corrected chi connectivity index (χ1v) is 7.07. The Morgan fingerprint density at radius 2 is 2.14 bits per heavy atom. The van der Waals surface area contributed by atoms with E-state index in [0.717, 1.165) is 5.69 Å². The molecule has 0 aliphatic heterocycles. The van der Waals surface area contributed by atoms with E-state index in [2.05, 4.69) is 10.3 Å². The molecule has 0 saturated carbocycles. The molecule has 0 spiro atoms. The van der Waals surface area contributed by atoms with Gasteiger partial charge in [-0.15, -0.1) is 0 Å². The summed E-state index contributed by atoms with van der Waals surface area (Å²) >= 11 is 5.96. The fraction of sp³-hybridized carbons (Fsp3) is 0.250. The first-order valence-electron chi connectivity index (χ1n) is 6.70. The smallest absolute Gasteiger partial charge is 0.255 e. The molecule has 0 saturated heterocycles. The molecule has 0 unspecified atom stereocenters. The average Bonchev–Trinajstić information content (AvgIpc) is 2.55. The predicted molar refractivity (Wildman–Crippen MR) is 84.3 cm³/mol. The van der Waals surface area contributed by atoms with Crippen LogP contribution >= 0.6 is 11.6 Å². The van der Waals surface area contributed by atoms with E-state index in [1.54, 1.807) is 31.5 Å². The lowest BCUT2D eigenvalue weighted by molar-refractivity contribution is 0.0891. The van der Waals surface area contributed by atoms with Crippen molar-refractivity contribution in [2.24, 2.45) is 0 Å². The van der Waals surface area contributed by atoms with Crippen LogP contribution in [0.3, 0.4) is 0 Å². The Morgan fingerprint density at radius 3 is 2.77 bits per heavy atom. The highest BCUT2D eigenvalue weighted by atomic mass is 35.5. The van der Waals surface area contributed by atoms with Crippen molar-refractivity contribution in [2.45, 2.75) is 6.04 Å². The van der Waals surface area contributed by atoms with E-state index in [-0.39, 0.29) is 11.9 Å². The largest absolute Gasteiger partial charge is 0.496 e. The Labute approximate surface area is 134 Å². The van der Waals surface area contributed by atoms with Crippen molar-refractivity contribution >= 4 is 17.5 Å². The number of nitrogens with one attached hydrogen (secondary N) is 1. The van der Waals surface area contributed by atoms with Crippen molar-refractivity contribution in [1.29, 1.82) is 0 Å². The molecule has 0 aliphatic rings. The maximum absolute atomic E-state index is 12.5. The lowest BCUT2D eigenvalue weighted by Crippen LogP contribution is -2.32. The maximum Gasteiger partial charge on any atom is 0.255 e. The second-order valence-corrected chi connectivity index (χ2v) is 5.02. The van der Waals surface area contributed by atoms with Crippen molar-refractivity contribution < 1.29 is 14.3 Å². The fourth-order valence-electron chi connectivity index (χ4n) is 2.04. The average molecular weight is 321 g/mol. The van der Waals surface area contributed by atoms with Gasteiger partial charge in [0.05, 0.1) is 31.0 Å². The number of amides is 1. The molecular formula is C16H17ClN2O3. The highest BCUT2D eigenvalue weighted by Gasteiger charge is 2.19. The number of aromatic nitrogens is 1. The number of benzene rings is 1. The molecule has 116 valence electrons. The minimum absolute atomic E-state index is 0.299. The normalized spacial score (nSPS) is 11.8. The Kier molecular flexibility index (Phi) is 5.75. The van der Waals surface area contributed by atoms with Gasteiger partial charge in [-0.05, 0) is 30.3 Å². The summed E-state index contributed by atoms with van der Waals surface area (Å²) < 4.78 is 10.4. The molecule has 2 aromatic rings. The third-order valence-electron chi connectivity index (χ3n) is 3.09. The monoisotopic (exact) mass is 320 g/mol. The number of nitrogens with zero attached hydrogens (tertiary/aromatic N) is 1. The standard InChI is InChI=1S/C16H17ClN2O3/c1-21-10-14(13-5-3-4-8-18-13)19-16(20)12-9-11(17)6-7-15(12)22-2/h3-9,14H,10H2,1-2H3,(H,19,20)/t14-/m0/s1. The van der Waals surface area contributed by atoms with Gasteiger partial charge in [0.25, 0.3) is 5.91 Å². The van der Waals surface area contributed by atoms with Gasteiger partial charge < -0.3 is 14.8 Å². The zero-order valence-electron chi connectivity index (χ0n) is 12.4. The van der Waals surface area contributed by atoms with E-state index < -0.39 is 0 Å². The van der Waals surface area contributed by atoms with Gasteiger partial charge in [-0.2, -0.15) is 0 Å². The van der Waals surface area contributed by atoms with E-state index in [0.29, 0.717) is 22.9 Å². The molecule has 1 heterocycles. The van der Waals surface area contributed by atoms with Crippen LogP contribution in [0.1, 0.15) is 22.1 Å². The first-order chi connectivity index (χ1) is 10.7. The van der Waals surface area contributed by atoms with Crippen LogP contribution in [-0.2, 0) is 4.74 Å². The van der Waals surface area contributed by atoms with Crippen LogP contribution in [0.25, 0.3) is 0 Å². The second kappa shape index (κ2) is 7.77. The number of rotatable bonds is 6. The lowest BCUT2D eigenvalue weighted by Gasteiger charge is -2.18.